The van der Waals surface area contributed by atoms with Crippen LogP contribution in [0.4, 0.5) is 0 Å². The van der Waals surface area contributed by atoms with Crippen LogP contribution >= 0.6 is 0 Å². The first-order chi connectivity index (χ1) is 9.03. The predicted molar refractivity (Wildman–Crippen MR) is 69.6 cm³/mol. The molecule has 0 radical (unpaired) electrons. The molecule has 2 rings (SSSR count). The Bertz CT molecular complexity index is 647. The van der Waals surface area contributed by atoms with E-state index in [0.717, 1.165) is 5.69 Å². The summed E-state index contributed by atoms with van der Waals surface area (Å²) >= 11 is 0. The maximum atomic E-state index is 12.0. The lowest BCUT2D eigenvalue weighted by Crippen LogP contribution is -2.24. The first-order valence-electron chi connectivity index (χ1n) is 5.69. The summed E-state index contributed by atoms with van der Waals surface area (Å²) in [5.41, 5.74) is 1.45. The molecule has 1 heterocycles. The van der Waals surface area contributed by atoms with Crippen LogP contribution in [-0.4, -0.2) is 23.3 Å². The van der Waals surface area contributed by atoms with Gasteiger partial charge in [-0.1, -0.05) is 12.1 Å². The van der Waals surface area contributed by atoms with E-state index in [2.05, 4.69) is 9.82 Å². The fraction of sp³-hybridized carbons (Fsp3) is 0.250. The van der Waals surface area contributed by atoms with Gasteiger partial charge in [-0.25, -0.2) is 13.1 Å². The zero-order valence-electron chi connectivity index (χ0n) is 10.4. The Balaban J connectivity index is 2.11. The summed E-state index contributed by atoms with van der Waals surface area (Å²) in [7, 11) is -1.80. The molecule has 0 amide bonds. The van der Waals surface area contributed by atoms with Crippen LogP contribution in [0.2, 0.25) is 0 Å². The summed E-state index contributed by atoms with van der Waals surface area (Å²) in [5.74, 6) is 0. The molecule has 0 saturated heterocycles. The summed E-state index contributed by atoms with van der Waals surface area (Å²) in [6, 6.07) is 7.85. The van der Waals surface area contributed by atoms with E-state index >= 15 is 0 Å². The number of nitrogens with one attached hydrogen (secondary N) is 1. The number of aliphatic hydroxyl groups excluding tert-OH is 1. The lowest BCUT2D eigenvalue weighted by molar-refractivity contribution is 0.282. The monoisotopic (exact) mass is 281 g/mol. The Morgan fingerprint density at radius 2 is 1.95 bits per heavy atom. The largest absolute Gasteiger partial charge is 0.392 e. The van der Waals surface area contributed by atoms with Crippen LogP contribution in [0.15, 0.2) is 41.4 Å². The van der Waals surface area contributed by atoms with Crippen molar-refractivity contribution in [2.24, 2.45) is 7.05 Å². The zero-order chi connectivity index (χ0) is 13.9. The van der Waals surface area contributed by atoms with Gasteiger partial charge in [0.15, 0.2) is 0 Å². The van der Waals surface area contributed by atoms with E-state index in [9.17, 15) is 8.42 Å². The second-order valence-corrected chi connectivity index (χ2v) is 5.84. The van der Waals surface area contributed by atoms with E-state index in [4.69, 9.17) is 5.11 Å². The van der Waals surface area contributed by atoms with E-state index in [0.29, 0.717) is 5.56 Å². The van der Waals surface area contributed by atoms with Crippen LogP contribution in [0.25, 0.3) is 0 Å². The summed E-state index contributed by atoms with van der Waals surface area (Å²) in [6.07, 6.45) is 1.61. The molecule has 2 aromatic rings. The topological polar surface area (TPSA) is 84.2 Å². The Morgan fingerprint density at radius 1 is 1.26 bits per heavy atom. The van der Waals surface area contributed by atoms with Gasteiger partial charge >= 0.3 is 0 Å². The fourth-order valence-electron chi connectivity index (χ4n) is 1.60. The van der Waals surface area contributed by atoms with Gasteiger partial charge in [0, 0.05) is 13.2 Å². The number of rotatable bonds is 5. The van der Waals surface area contributed by atoms with Crippen LogP contribution in [0.3, 0.4) is 0 Å². The normalized spacial score (nSPS) is 11.7. The molecule has 1 aromatic carbocycles. The second-order valence-electron chi connectivity index (χ2n) is 4.07. The first kappa shape index (κ1) is 13.7. The third-order valence-corrected chi connectivity index (χ3v) is 4.20. The minimum atomic E-state index is -3.55. The molecule has 0 aliphatic carbocycles. The highest BCUT2D eigenvalue weighted by Gasteiger charge is 2.14. The molecule has 0 aliphatic rings. The van der Waals surface area contributed by atoms with Gasteiger partial charge in [0.05, 0.1) is 23.7 Å². The molecule has 0 fully saturated rings. The highest BCUT2D eigenvalue weighted by molar-refractivity contribution is 7.89. The Labute approximate surface area is 111 Å². The van der Waals surface area contributed by atoms with Crippen LogP contribution in [0.1, 0.15) is 11.3 Å². The average Bonchev–Trinajstić information content (AvgIpc) is 2.82. The van der Waals surface area contributed by atoms with Crippen molar-refractivity contribution >= 4 is 10.0 Å². The van der Waals surface area contributed by atoms with Crippen molar-refractivity contribution in [3.63, 3.8) is 0 Å². The van der Waals surface area contributed by atoms with E-state index in [1.165, 1.54) is 12.1 Å². The van der Waals surface area contributed by atoms with Crippen molar-refractivity contribution in [1.82, 2.24) is 14.5 Å². The van der Waals surface area contributed by atoms with Crippen molar-refractivity contribution in [2.75, 3.05) is 0 Å². The van der Waals surface area contributed by atoms with Crippen LogP contribution in [-0.2, 0) is 30.2 Å². The van der Waals surface area contributed by atoms with Gasteiger partial charge < -0.3 is 5.11 Å². The quantitative estimate of drug-likeness (QED) is 0.830. The molecule has 1 aromatic heterocycles. The minimum absolute atomic E-state index is 0.108. The van der Waals surface area contributed by atoms with Gasteiger partial charge in [-0.15, -0.1) is 0 Å². The second kappa shape index (κ2) is 5.52. The third-order valence-electron chi connectivity index (χ3n) is 2.78. The maximum absolute atomic E-state index is 12.0. The maximum Gasteiger partial charge on any atom is 0.240 e. The molecular weight excluding hydrogens is 266 g/mol. The van der Waals surface area contributed by atoms with Gasteiger partial charge in [0.2, 0.25) is 10.0 Å². The third kappa shape index (κ3) is 3.19. The van der Waals surface area contributed by atoms with Gasteiger partial charge in [-0.05, 0) is 23.8 Å². The molecule has 0 unspecified atom stereocenters. The Morgan fingerprint density at radius 3 is 2.47 bits per heavy atom. The number of hydrogen-bond acceptors (Lipinski definition) is 4. The van der Waals surface area contributed by atoms with Gasteiger partial charge in [-0.2, -0.15) is 5.10 Å². The number of aromatic nitrogens is 2. The number of aliphatic hydroxyl groups is 1. The molecule has 6 nitrogen and oxygen atoms in total. The van der Waals surface area contributed by atoms with Crippen molar-refractivity contribution in [3.05, 3.63) is 47.8 Å². The molecule has 0 spiro atoms. The molecular formula is C12H15N3O3S. The van der Waals surface area contributed by atoms with E-state index in [-0.39, 0.29) is 18.0 Å². The van der Waals surface area contributed by atoms with Gasteiger partial charge in [0.25, 0.3) is 0 Å². The lowest BCUT2D eigenvalue weighted by atomic mass is 10.2. The van der Waals surface area contributed by atoms with Crippen molar-refractivity contribution in [2.45, 2.75) is 18.0 Å². The van der Waals surface area contributed by atoms with E-state index in [1.807, 2.05) is 0 Å². The van der Waals surface area contributed by atoms with Gasteiger partial charge in [-0.3, -0.25) is 4.68 Å². The SMILES string of the molecule is Cn1nccc1CNS(=O)(=O)c1ccc(CO)cc1. The summed E-state index contributed by atoms with van der Waals surface area (Å²) in [4.78, 5) is 0.173. The molecule has 0 saturated carbocycles. The number of aryl methyl sites for hydroxylation is 1. The standard InChI is InChI=1S/C12H15N3O3S/c1-15-11(6-7-13-15)8-14-19(17,18)12-4-2-10(9-16)3-5-12/h2-7,14,16H,8-9H2,1H3. The summed E-state index contributed by atoms with van der Waals surface area (Å²) in [6.45, 7) is 0.0728. The molecule has 0 aliphatic heterocycles. The minimum Gasteiger partial charge on any atom is -0.392 e. The average molecular weight is 281 g/mol. The highest BCUT2D eigenvalue weighted by Crippen LogP contribution is 2.11. The van der Waals surface area contributed by atoms with E-state index in [1.54, 1.807) is 36.1 Å². The molecule has 2 N–H and O–H groups in total. The van der Waals surface area contributed by atoms with Gasteiger partial charge in [0.1, 0.15) is 0 Å². The lowest BCUT2D eigenvalue weighted by Gasteiger charge is -2.07. The smallest absolute Gasteiger partial charge is 0.240 e. The molecule has 0 bridgehead atoms. The van der Waals surface area contributed by atoms with Crippen LogP contribution in [0, 0.1) is 0 Å². The van der Waals surface area contributed by atoms with Crippen molar-refractivity contribution < 1.29 is 13.5 Å². The first-order valence-corrected chi connectivity index (χ1v) is 7.17. The fourth-order valence-corrected chi connectivity index (χ4v) is 2.60. The zero-order valence-corrected chi connectivity index (χ0v) is 11.3. The van der Waals surface area contributed by atoms with Crippen LogP contribution in [0.5, 0.6) is 0 Å². The number of nitrogens with zero attached hydrogens (tertiary/aromatic N) is 2. The molecule has 102 valence electrons. The predicted octanol–water partition coefficient (Wildman–Crippen LogP) is 0.391. The summed E-state index contributed by atoms with van der Waals surface area (Å²) in [5, 5.41) is 12.9. The van der Waals surface area contributed by atoms with Crippen molar-refractivity contribution in [3.8, 4) is 0 Å². The van der Waals surface area contributed by atoms with E-state index < -0.39 is 10.0 Å². The van der Waals surface area contributed by atoms with Crippen LogP contribution < -0.4 is 4.72 Å². The Hall–Kier alpha value is -1.70. The highest BCUT2D eigenvalue weighted by atomic mass is 32.2. The molecule has 0 atom stereocenters. The Kier molecular flexibility index (Phi) is 3.98. The summed E-state index contributed by atoms with van der Waals surface area (Å²) < 4.78 is 28.2. The molecule has 19 heavy (non-hydrogen) atoms. The molecule has 7 heteroatoms. The number of hydrogen-bond donors (Lipinski definition) is 2. The number of sulfonamides is 1. The van der Waals surface area contributed by atoms with Crippen molar-refractivity contribution in [1.29, 1.82) is 0 Å². The number of benzene rings is 1.